The second kappa shape index (κ2) is 8.94. The van der Waals surface area contributed by atoms with Gasteiger partial charge in [0.1, 0.15) is 5.82 Å². The molecule has 168 valence electrons. The van der Waals surface area contributed by atoms with E-state index in [4.69, 9.17) is 9.97 Å². The van der Waals surface area contributed by atoms with E-state index in [-0.39, 0.29) is 0 Å². The summed E-state index contributed by atoms with van der Waals surface area (Å²) >= 11 is 0. The van der Waals surface area contributed by atoms with Crippen molar-refractivity contribution < 1.29 is 0 Å². The fourth-order valence-electron chi connectivity index (χ4n) is 4.89. The molecular weight excluding hydrogens is 396 g/mol. The van der Waals surface area contributed by atoms with E-state index in [1.807, 2.05) is 6.20 Å². The molecule has 0 radical (unpaired) electrons. The summed E-state index contributed by atoms with van der Waals surface area (Å²) < 4.78 is 0. The summed E-state index contributed by atoms with van der Waals surface area (Å²) in [5.41, 5.74) is 5.61. The van der Waals surface area contributed by atoms with Crippen molar-refractivity contribution in [2.75, 3.05) is 68.1 Å². The van der Waals surface area contributed by atoms with Gasteiger partial charge in [-0.2, -0.15) is 0 Å². The topological polar surface area (TPSA) is 47.5 Å². The van der Waals surface area contributed by atoms with Crippen molar-refractivity contribution in [1.82, 2.24) is 15.3 Å². The minimum absolute atomic E-state index is 0.780. The number of nitrogens with one attached hydrogen (secondary N) is 1. The summed E-state index contributed by atoms with van der Waals surface area (Å²) in [5, 5.41) is 4.64. The molecule has 5 rings (SSSR count). The molecule has 6 heteroatoms. The Morgan fingerprint density at radius 2 is 1.88 bits per heavy atom. The van der Waals surface area contributed by atoms with Gasteiger partial charge in [-0.25, -0.2) is 9.97 Å². The monoisotopic (exact) mass is 430 g/mol. The van der Waals surface area contributed by atoms with Crippen LogP contribution in [0.1, 0.15) is 19.8 Å². The highest BCUT2D eigenvalue weighted by Gasteiger charge is 2.24. The average Bonchev–Trinajstić information content (AvgIpc) is 3.33. The van der Waals surface area contributed by atoms with E-state index in [1.54, 1.807) is 0 Å². The van der Waals surface area contributed by atoms with E-state index in [2.05, 4.69) is 77.4 Å². The van der Waals surface area contributed by atoms with Gasteiger partial charge in [-0.1, -0.05) is 13.3 Å². The molecule has 2 fully saturated rings. The van der Waals surface area contributed by atoms with Gasteiger partial charge in [-0.15, -0.1) is 0 Å². The molecule has 0 bridgehead atoms. The van der Waals surface area contributed by atoms with E-state index in [0.29, 0.717) is 0 Å². The molecule has 1 atom stereocenters. The number of hydrogen-bond donors (Lipinski definition) is 1. The maximum absolute atomic E-state index is 5.09. The number of hydrogen-bond acceptors (Lipinski definition) is 6. The van der Waals surface area contributed by atoms with Crippen molar-refractivity contribution in [3.05, 3.63) is 42.6 Å². The quantitative estimate of drug-likeness (QED) is 0.660. The molecular formula is C26H34N6. The zero-order chi connectivity index (χ0) is 22.1. The Bertz CT molecular complexity index is 1070. The molecule has 0 spiro atoms. The molecule has 0 aliphatic carbocycles. The first kappa shape index (κ1) is 21.0. The number of anilines is 3. The number of aromatic nitrogens is 2. The van der Waals surface area contributed by atoms with Gasteiger partial charge in [0.05, 0.1) is 11.2 Å². The lowest BCUT2D eigenvalue weighted by Crippen LogP contribution is -2.43. The second-order valence-electron chi connectivity index (χ2n) is 9.27. The summed E-state index contributed by atoms with van der Waals surface area (Å²) in [4.78, 5) is 16.9. The molecule has 2 aliphatic rings. The van der Waals surface area contributed by atoms with Crippen LogP contribution in [0.4, 0.5) is 17.2 Å². The van der Waals surface area contributed by atoms with Crippen LogP contribution in [-0.2, 0) is 0 Å². The molecule has 32 heavy (non-hydrogen) atoms. The zero-order valence-electron chi connectivity index (χ0n) is 19.5. The Morgan fingerprint density at radius 3 is 2.56 bits per heavy atom. The third kappa shape index (κ3) is 4.11. The molecule has 3 aromatic rings. The Morgan fingerprint density at radius 1 is 1.03 bits per heavy atom. The number of fused-ring (bicyclic) bond motifs is 1. The van der Waals surface area contributed by atoms with E-state index >= 15 is 0 Å². The van der Waals surface area contributed by atoms with Crippen molar-refractivity contribution in [3.63, 3.8) is 0 Å². The standard InChI is InChI=1S/C26H34N6/c1-4-19-9-12-32(18-19)25-16-23(29-24-15-21(30(2)3)6-7-22(24)25)20-5-8-26(28-17-20)31-13-10-27-11-14-31/h5-8,15-17,19,27H,4,9-14,18H2,1-3H3. The van der Waals surface area contributed by atoms with Gasteiger partial charge in [-0.3, -0.25) is 0 Å². The Kier molecular flexibility index (Phi) is 5.87. The van der Waals surface area contributed by atoms with E-state index in [0.717, 1.165) is 67.8 Å². The first-order chi connectivity index (χ1) is 15.6. The normalized spacial score (nSPS) is 19.0. The summed E-state index contributed by atoms with van der Waals surface area (Å²) in [6.45, 7) is 8.59. The van der Waals surface area contributed by atoms with Crippen molar-refractivity contribution in [2.24, 2.45) is 5.92 Å². The highest BCUT2D eigenvalue weighted by molar-refractivity contribution is 5.96. The first-order valence-corrected chi connectivity index (χ1v) is 11.9. The predicted octanol–water partition coefficient (Wildman–Crippen LogP) is 4.01. The van der Waals surface area contributed by atoms with E-state index in [9.17, 15) is 0 Å². The third-order valence-electron chi connectivity index (χ3n) is 6.98. The number of pyridine rings is 2. The fraction of sp³-hybridized carbons (Fsp3) is 0.462. The third-order valence-corrected chi connectivity index (χ3v) is 6.98. The summed E-state index contributed by atoms with van der Waals surface area (Å²) in [6.07, 6.45) is 4.50. The molecule has 4 heterocycles. The van der Waals surface area contributed by atoms with Gasteiger partial charge >= 0.3 is 0 Å². The largest absolute Gasteiger partial charge is 0.378 e. The smallest absolute Gasteiger partial charge is 0.128 e. The lowest BCUT2D eigenvalue weighted by atomic mass is 10.1. The van der Waals surface area contributed by atoms with Gasteiger partial charge in [0, 0.05) is 81.9 Å². The van der Waals surface area contributed by atoms with Crippen LogP contribution in [0.3, 0.4) is 0 Å². The lowest BCUT2D eigenvalue weighted by molar-refractivity contribution is 0.569. The summed E-state index contributed by atoms with van der Waals surface area (Å²) in [5.74, 6) is 1.83. The van der Waals surface area contributed by atoms with Crippen LogP contribution >= 0.6 is 0 Å². The minimum Gasteiger partial charge on any atom is -0.378 e. The zero-order valence-corrected chi connectivity index (χ0v) is 19.5. The molecule has 0 saturated carbocycles. The van der Waals surface area contributed by atoms with Crippen LogP contribution in [0.5, 0.6) is 0 Å². The van der Waals surface area contributed by atoms with Gasteiger partial charge in [0.2, 0.25) is 0 Å². The molecule has 1 unspecified atom stereocenters. The van der Waals surface area contributed by atoms with Crippen molar-refractivity contribution in [1.29, 1.82) is 0 Å². The molecule has 1 N–H and O–H groups in total. The summed E-state index contributed by atoms with van der Waals surface area (Å²) in [7, 11) is 4.16. The van der Waals surface area contributed by atoms with Crippen molar-refractivity contribution >= 4 is 28.1 Å². The number of nitrogens with zero attached hydrogens (tertiary/aromatic N) is 5. The van der Waals surface area contributed by atoms with Crippen LogP contribution < -0.4 is 20.0 Å². The van der Waals surface area contributed by atoms with Crippen LogP contribution in [0.15, 0.2) is 42.6 Å². The molecule has 2 aromatic heterocycles. The average molecular weight is 431 g/mol. The number of piperazine rings is 1. The van der Waals surface area contributed by atoms with Gasteiger partial charge in [-0.05, 0) is 48.7 Å². The first-order valence-electron chi connectivity index (χ1n) is 11.9. The molecule has 2 aliphatic heterocycles. The molecule has 2 saturated heterocycles. The Balaban J connectivity index is 1.54. The number of rotatable bonds is 5. The number of benzene rings is 1. The second-order valence-corrected chi connectivity index (χ2v) is 9.27. The molecule has 6 nitrogen and oxygen atoms in total. The fourth-order valence-corrected chi connectivity index (χ4v) is 4.89. The Labute approximate surface area is 191 Å². The highest BCUT2D eigenvalue weighted by atomic mass is 15.2. The van der Waals surface area contributed by atoms with E-state index in [1.165, 1.54) is 29.6 Å². The highest BCUT2D eigenvalue weighted by Crippen LogP contribution is 2.36. The molecule has 0 amide bonds. The summed E-state index contributed by atoms with van der Waals surface area (Å²) in [6, 6.07) is 13.2. The maximum Gasteiger partial charge on any atom is 0.128 e. The van der Waals surface area contributed by atoms with Crippen LogP contribution in [0.25, 0.3) is 22.2 Å². The van der Waals surface area contributed by atoms with Crippen LogP contribution in [0.2, 0.25) is 0 Å². The van der Waals surface area contributed by atoms with Gasteiger partial charge in [0.25, 0.3) is 0 Å². The van der Waals surface area contributed by atoms with E-state index < -0.39 is 0 Å². The lowest BCUT2D eigenvalue weighted by Gasteiger charge is -2.28. The predicted molar refractivity (Wildman–Crippen MR) is 135 cm³/mol. The molecule has 1 aromatic carbocycles. The van der Waals surface area contributed by atoms with Crippen LogP contribution in [-0.4, -0.2) is 63.3 Å². The maximum atomic E-state index is 5.09. The van der Waals surface area contributed by atoms with Gasteiger partial charge < -0.3 is 20.0 Å². The van der Waals surface area contributed by atoms with Crippen LogP contribution in [0, 0.1) is 5.92 Å². The Hall–Kier alpha value is -2.86. The minimum atomic E-state index is 0.780. The van der Waals surface area contributed by atoms with Crippen molar-refractivity contribution in [3.8, 4) is 11.3 Å². The van der Waals surface area contributed by atoms with Gasteiger partial charge in [0.15, 0.2) is 0 Å². The SMILES string of the molecule is CCC1CCN(c2cc(-c3ccc(N4CCNCC4)nc3)nc3cc(N(C)C)ccc23)C1. The van der Waals surface area contributed by atoms with Crippen molar-refractivity contribution in [2.45, 2.75) is 19.8 Å².